The summed E-state index contributed by atoms with van der Waals surface area (Å²) in [6.07, 6.45) is 2.24. The fraction of sp³-hybridized carbons (Fsp3) is 0.250. The standard InChI is InChI=1S/C12H12O4/c1-3-8-5-4-6-9(7-8)10(13)11(14)12(15)16-2/h1,4-7,10-11,13-14H,2H3. The van der Waals surface area contributed by atoms with Gasteiger partial charge in [-0.15, -0.1) is 6.42 Å². The van der Waals surface area contributed by atoms with Crippen molar-refractivity contribution < 1.29 is 19.7 Å². The van der Waals surface area contributed by atoms with E-state index in [0.29, 0.717) is 11.1 Å². The maximum absolute atomic E-state index is 11.0. The topological polar surface area (TPSA) is 66.8 Å². The molecule has 0 saturated heterocycles. The molecule has 1 rings (SSSR count). The molecule has 0 amide bonds. The van der Waals surface area contributed by atoms with Gasteiger partial charge in [-0.05, 0) is 17.7 Å². The Morgan fingerprint density at radius 3 is 2.75 bits per heavy atom. The van der Waals surface area contributed by atoms with Gasteiger partial charge in [-0.3, -0.25) is 0 Å². The smallest absolute Gasteiger partial charge is 0.337 e. The normalized spacial score (nSPS) is 13.6. The number of methoxy groups -OCH3 is 1. The van der Waals surface area contributed by atoms with Crippen molar-refractivity contribution >= 4 is 5.97 Å². The second-order valence-corrected chi connectivity index (χ2v) is 3.18. The zero-order valence-corrected chi connectivity index (χ0v) is 8.75. The van der Waals surface area contributed by atoms with E-state index in [0.717, 1.165) is 7.11 Å². The fourth-order valence-electron chi connectivity index (χ4n) is 1.24. The minimum atomic E-state index is -1.61. The van der Waals surface area contributed by atoms with Crippen molar-refractivity contribution in [1.29, 1.82) is 0 Å². The SMILES string of the molecule is C#Cc1cccc(C(O)C(O)C(=O)OC)c1. The van der Waals surface area contributed by atoms with E-state index in [1.54, 1.807) is 18.2 Å². The number of aliphatic hydroxyl groups excluding tert-OH is 2. The fourth-order valence-corrected chi connectivity index (χ4v) is 1.24. The zero-order chi connectivity index (χ0) is 12.1. The molecular formula is C12H12O4. The van der Waals surface area contributed by atoms with Crippen LogP contribution in [0.25, 0.3) is 0 Å². The summed E-state index contributed by atoms with van der Waals surface area (Å²) in [5.41, 5.74) is 0.932. The van der Waals surface area contributed by atoms with Crippen LogP contribution in [0.4, 0.5) is 0 Å². The number of carbonyl (C=O) groups excluding carboxylic acids is 1. The number of benzene rings is 1. The second-order valence-electron chi connectivity index (χ2n) is 3.18. The third-order valence-electron chi connectivity index (χ3n) is 2.14. The van der Waals surface area contributed by atoms with Crippen molar-refractivity contribution in [2.75, 3.05) is 7.11 Å². The third-order valence-corrected chi connectivity index (χ3v) is 2.14. The molecule has 0 heterocycles. The Hall–Kier alpha value is -1.83. The zero-order valence-electron chi connectivity index (χ0n) is 8.75. The molecule has 0 fully saturated rings. The Labute approximate surface area is 93.5 Å². The van der Waals surface area contributed by atoms with Gasteiger partial charge in [0, 0.05) is 5.56 Å². The van der Waals surface area contributed by atoms with Gasteiger partial charge in [0.05, 0.1) is 7.11 Å². The second kappa shape index (κ2) is 5.31. The molecule has 0 saturated carbocycles. The lowest BCUT2D eigenvalue weighted by Gasteiger charge is -2.16. The highest BCUT2D eigenvalue weighted by atomic mass is 16.5. The first-order valence-corrected chi connectivity index (χ1v) is 4.60. The lowest BCUT2D eigenvalue weighted by molar-refractivity contribution is -0.156. The van der Waals surface area contributed by atoms with E-state index in [-0.39, 0.29) is 0 Å². The molecule has 2 N–H and O–H groups in total. The predicted molar refractivity (Wildman–Crippen MR) is 57.4 cm³/mol. The van der Waals surface area contributed by atoms with Crippen molar-refractivity contribution in [2.24, 2.45) is 0 Å². The van der Waals surface area contributed by atoms with Crippen LogP contribution in [-0.2, 0) is 9.53 Å². The molecule has 0 aromatic heterocycles. The van der Waals surface area contributed by atoms with Crippen LogP contribution in [0.2, 0.25) is 0 Å². The molecule has 16 heavy (non-hydrogen) atoms. The first-order chi connectivity index (χ1) is 7.60. The molecule has 1 aromatic rings. The van der Waals surface area contributed by atoms with Crippen LogP contribution in [0, 0.1) is 12.3 Å². The Kier molecular flexibility index (Phi) is 4.06. The first-order valence-electron chi connectivity index (χ1n) is 4.60. The third kappa shape index (κ3) is 2.60. The maximum atomic E-state index is 11.0. The minimum absolute atomic E-state index is 0.369. The molecular weight excluding hydrogens is 208 g/mol. The Bertz CT molecular complexity index is 419. The molecule has 1 aromatic carbocycles. The van der Waals surface area contributed by atoms with Gasteiger partial charge in [-0.1, -0.05) is 18.1 Å². The van der Waals surface area contributed by atoms with Crippen LogP contribution in [-0.4, -0.2) is 29.4 Å². The molecule has 2 unspecified atom stereocenters. The molecule has 0 aliphatic carbocycles. The maximum Gasteiger partial charge on any atom is 0.337 e. The number of esters is 1. The van der Waals surface area contributed by atoms with E-state index in [1.807, 2.05) is 0 Å². The minimum Gasteiger partial charge on any atom is -0.467 e. The highest BCUT2D eigenvalue weighted by Crippen LogP contribution is 2.18. The highest BCUT2D eigenvalue weighted by molar-refractivity contribution is 5.75. The van der Waals surface area contributed by atoms with E-state index in [9.17, 15) is 15.0 Å². The van der Waals surface area contributed by atoms with Crippen LogP contribution in [0.3, 0.4) is 0 Å². The molecule has 0 radical (unpaired) electrons. The van der Waals surface area contributed by atoms with Gasteiger partial charge < -0.3 is 14.9 Å². The van der Waals surface area contributed by atoms with E-state index in [1.165, 1.54) is 6.07 Å². The van der Waals surface area contributed by atoms with Crippen LogP contribution in [0.5, 0.6) is 0 Å². The monoisotopic (exact) mass is 220 g/mol. The van der Waals surface area contributed by atoms with Crippen molar-refractivity contribution in [2.45, 2.75) is 12.2 Å². The van der Waals surface area contributed by atoms with Gasteiger partial charge in [0.15, 0.2) is 6.10 Å². The summed E-state index contributed by atoms with van der Waals surface area (Å²) >= 11 is 0. The average Bonchev–Trinajstić information content (AvgIpc) is 2.36. The largest absolute Gasteiger partial charge is 0.467 e. The molecule has 4 heteroatoms. The summed E-state index contributed by atoms with van der Waals surface area (Å²) < 4.78 is 4.32. The van der Waals surface area contributed by atoms with Crippen LogP contribution >= 0.6 is 0 Å². The van der Waals surface area contributed by atoms with Gasteiger partial charge in [0.25, 0.3) is 0 Å². The Morgan fingerprint density at radius 1 is 1.50 bits per heavy atom. The van der Waals surface area contributed by atoms with Gasteiger partial charge >= 0.3 is 5.97 Å². The van der Waals surface area contributed by atoms with Crippen LogP contribution < -0.4 is 0 Å². The predicted octanol–water partition coefficient (Wildman–Crippen LogP) is 0.235. The van der Waals surface area contributed by atoms with Crippen molar-refractivity contribution in [3.05, 3.63) is 35.4 Å². The van der Waals surface area contributed by atoms with Gasteiger partial charge in [0.2, 0.25) is 0 Å². The van der Waals surface area contributed by atoms with Gasteiger partial charge in [0.1, 0.15) is 6.10 Å². The molecule has 2 atom stereocenters. The lowest BCUT2D eigenvalue weighted by Crippen LogP contribution is -2.29. The highest BCUT2D eigenvalue weighted by Gasteiger charge is 2.26. The number of aliphatic hydroxyl groups is 2. The molecule has 84 valence electrons. The van der Waals surface area contributed by atoms with Crippen molar-refractivity contribution in [1.82, 2.24) is 0 Å². The molecule has 0 spiro atoms. The first kappa shape index (κ1) is 12.2. The van der Waals surface area contributed by atoms with Crippen LogP contribution in [0.1, 0.15) is 17.2 Å². The molecule has 0 aliphatic rings. The Balaban J connectivity index is 2.92. The number of carbonyl (C=O) groups is 1. The lowest BCUT2D eigenvalue weighted by atomic mass is 10.0. The van der Waals surface area contributed by atoms with E-state index >= 15 is 0 Å². The van der Waals surface area contributed by atoms with E-state index in [4.69, 9.17) is 6.42 Å². The number of terminal acetylenes is 1. The molecule has 0 bridgehead atoms. The number of rotatable bonds is 3. The average molecular weight is 220 g/mol. The number of hydrogen-bond donors (Lipinski definition) is 2. The summed E-state index contributed by atoms with van der Waals surface area (Å²) in [6, 6.07) is 6.41. The summed E-state index contributed by atoms with van der Waals surface area (Å²) in [7, 11) is 1.14. The number of hydrogen-bond acceptors (Lipinski definition) is 4. The summed E-state index contributed by atoms with van der Waals surface area (Å²) in [5, 5.41) is 19.1. The van der Waals surface area contributed by atoms with Gasteiger partial charge in [-0.2, -0.15) is 0 Å². The van der Waals surface area contributed by atoms with Crippen molar-refractivity contribution in [3.63, 3.8) is 0 Å². The quantitative estimate of drug-likeness (QED) is 0.565. The van der Waals surface area contributed by atoms with Crippen LogP contribution in [0.15, 0.2) is 24.3 Å². The number of ether oxygens (including phenoxy) is 1. The summed E-state index contributed by atoms with van der Waals surface area (Å²) in [6.45, 7) is 0. The van der Waals surface area contributed by atoms with Crippen molar-refractivity contribution in [3.8, 4) is 12.3 Å². The van der Waals surface area contributed by atoms with E-state index < -0.39 is 18.2 Å². The van der Waals surface area contributed by atoms with Gasteiger partial charge in [-0.25, -0.2) is 4.79 Å². The summed E-state index contributed by atoms with van der Waals surface area (Å²) in [4.78, 5) is 11.0. The molecule has 4 nitrogen and oxygen atoms in total. The summed E-state index contributed by atoms with van der Waals surface area (Å²) in [5.74, 6) is 1.51. The Morgan fingerprint density at radius 2 is 2.19 bits per heavy atom. The van der Waals surface area contributed by atoms with E-state index in [2.05, 4.69) is 10.7 Å². The molecule has 0 aliphatic heterocycles.